The average molecular weight is 182 g/mol. The standard InChI is InChI=1S/C9H11FN2O/c1-12(2)8-4-3-6(9(11)13)5-7(8)10/h3-5H,1-2H3,(H2,11,13). The number of halogens is 1. The van der Waals surface area contributed by atoms with E-state index in [0.717, 1.165) is 6.07 Å². The van der Waals surface area contributed by atoms with Crippen LogP contribution >= 0.6 is 0 Å². The van der Waals surface area contributed by atoms with Crippen molar-refractivity contribution in [3.05, 3.63) is 29.6 Å². The Labute approximate surface area is 76.0 Å². The van der Waals surface area contributed by atoms with Gasteiger partial charge >= 0.3 is 0 Å². The first-order chi connectivity index (χ1) is 6.02. The summed E-state index contributed by atoms with van der Waals surface area (Å²) in [7, 11) is 3.45. The molecule has 0 saturated heterocycles. The molecule has 1 aromatic rings. The molecule has 0 heterocycles. The molecule has 0 aliphatic heterocycles. The number of carbonyl (C=O) groups excluding carboxylic acids is 1. The molecule has 0 saturated carbocycles. The Morgan fingerprint density at radius 3 is 2.46 bits per heavy atom. The van der Waals surface area contributed by atoms with Crippen molar-refractivity contribution in [3.63, 3.8) is 0 Å². The van der Waals surface area contributed by atoms with Crippen molar-refractivity contribution in [2.45, 2.75) is 0 Å². The number of hydrogen-bond acceptors (Lipinski definition) is 2. The summed E-state index contributed by atoms with van der Waals surface area (Å²) in [6.07, 6.45) is 0. The molecule has 3 nitrogen and oxygen atoms in total. The largest absolute Gasteiger partial charge is 0.375 e. The van der Waals surface area contributed by atoms with Crippen LogP contribution in [-0.4, -0.2) is 20.0 Å². The molecule has 0 aliphatic carbocycles. The number of hydrogen-bond donors (Lipinski definition) is 1. The maximum Gasteiger partial charge on any atom is 0.248 e. The van der Waals surface area contributed by atoms with Gasteiger partial charge in [0.1, 0.15) is 5.82 Å². The van der Waals surface area contributed by atoms with Crippen LogP contribution in [0.3, 0.4) is 0 Å². The maximum absolute atomic E-state index is 13.2. The molecule has 70 valence electrons. The average Bonchev–Trinajstić information content (AvgIpc) is 2.03. The molecule has 13 heavy (non-hydrogen) atoms. The third-order valence-electron chi connectivity index (χ3n) is 1.71. The van der Waals surface area contributed by atoms with E-state index in [-0.39, 0.29) is 5.56 Å². The lowest BCUT2D eigenvalue weighted by Gasteiger charge is -2.13. The van der Waals surface area contributed by atoms with Gasteiger partial charge in [0.2, 0.25) is 5.91 Å². The number of benzene rings is 1. The van der Waals surface area contributed by atoms with E-state index in [0.29, 0.717) is 5.69 Å². The van der Waals surface area contributed by atoms with Crippen molar-refractivity contribution in [1.29, 1.82) is 0 Å². The predicted molar refractivity (Wildman–Crippen MR) is 49.2 cm³/mol. The Bertz CT molecular complexity index is 336. The van der Waals surface area contributed by atoms with E-state index in [1.54, 1.807) is 19.0 Å². The molecular weight excluding hydrogens is 171 g/mol. The zero-order valence-electron chi connectivity index (χ0n) is 7.54. The van der Waals surface area contributed by atoms with Crippen molar-refractivity contribution >= 4 is 11.6 Å². The van der Waals surface area contributed by atoms with E-state index >= 15 is 0 Å². The van der Waals surface area contributed by atoms with Crippen LogP contribution in [0.25, 0.3) is 0 Å². The SMILES string of the molecule is CN(C)c1ccc(C(N)=O)cc1F. The Morgan fingerprint density at radius 2 is 2.08 bits per heavy atom. The topological polar surface area (TPSA) is 46.3 Å². The van der Waals surface area contributed by atoms with Crippen molar-refractivity contribution in [3.8, 4) is 0 Å². The molecule has 0 bridgehead atoms. The lowest BCUT2D eigenvalue weighted by atomic mass is 10.2. The van der Waals surface area contributed by atoms with Crippen LogP contribution < -0.4 is 10.6 Å². The second-order valence-electron chi connectivity index (χ2n) is 2.92. The van der Waals surface area contributed by atoms with E-state index < -0.39 is 11.7 Å². The normalized spacial score (nSPS) is 9.77. The van der Waals surface area contributed by atoms with Gasteiger partial charge in [0.05, 0.1) is 5.69 Å². The summed E-state index contributed by atoms with van der Waals surface area (Å²) in [4.78, 5) is 12.3. The minimum atomic E-state index is -0.621. The molecule has 4 heteroatoms. The molecule has 1 aromatic carbocycles. The monoisotopic (exact) mass is 182 g/mol. The van der Waals surface area contributed by atoms with Gasteiger partial charge in [-0.25, -0.2) is 4.39 Å². The van der Waals surface area contributed by atoms with Crippen molar-refractivity contribution in [2.24, 2.45) is 5.73 Å². The van der Waals surface area contributed by atoms with Crippen LogP contribution in [0.4, 0.5) is 10.1 Å². The molecule has 0 spiro atoms. The van der Waals surface area contributed by atoms with E-state index in [9.17, 15) is 9.18 Å². The Morgan fingerprint density at radius 1 is 1.46 bits per heavy atom. The maximum atomic E-state index is 13.2. The van der Waals surface area contributed by atoms with Gasteiger partial charge in [-0.3, -0.25) is 4.79 Å². The van der Waals surface area contributed by atoms with Gasteiger partial charge in [0.25, 0.3) is 0 Å². The van der Waals surface area contributed by atoms with Gasteiger partial charge in [0.15, 0.2) is 0 Å². The highest BCUT2D eigenvalue weighted by Gasteiger charge is 2.07. The molecular formula is C9H11FN2O. The molecule has 0 radical (unpaired) electrons. The summed E-state index contributed by atoms with van der Waals surface area (Å²) in [6, 6.07) is 4.16. The lowest BCUT2D eigenvalue weighted by Crippen LogP contribution is -2.14. The van der Waals surface area contributed by atoms with E-state index in [1.165, 1.54) is 12.1 Å². The number of primary amides is 1. The molecule has 0 unspecified atom stereocenters. The first kappa shape index (κ1) is 9.51. The molecule has 0 atom stereocenters. The second kappa shape index (κ2) is 3.43. The Balaban J connectivity index is 3.13. The fourth-order valence-corrected chi connectivity index (χ4v) is 1.02. The van der Waals surface area contributed by atoms with Gasteiger partial charge in [-0.15, -0.1) is 0 Å². The first-order valence-electron chi connectivity index (χ1n) is 3.79. The van der Waals surface area contributed by atoms with E-state index in [1.807, 2.05) is 0 Å². The van der Waals surface area contributed by atoms with Gasteiger partial charge in [0, 0.05) is 19.7 Å². The van der Waals surface area contributed by atoms with E-state index in [4.69, 9.17) is 5.73 Å². The van der Waals surface area contributed by atoms with Crippen LogP contribution in [0, 0.1) is 5.82 Å². The van der Waals surface area contributed by atoms with Gasteiger partial charge in [-0.1, -0.05) is 0 Å². The third-order valence-corrected chi connectivity index (χ3v) is 1.71. The molecule has 0 fully saturated rings. The molecule has 0 aliphatic rings. The number of nitrogens with zero attached hydrogens (tertiary/aromatic N) is 1. The molecule has 1 rings (SSSR count). The van der Waals surface area contributed by atoms with Crippen molar-refractivity contribution in [1.82, 2.24) is 0 Å². The van der Waals surface area contributed by atoms with Gasteiger partial charge in [-0.05, 0) is 18.2 Å². The summed E-state index contributed by atoms with van der Waals surface area (Å²) in [6.45, 7) is 0. The molecule has 0 aromatic heterocycles. The van der Waals surface area contributed by atoms with Crippen LogP contribution in [0.1, 0.15) is 10.4 Å². The smallest absolute Gasteiger partial charge is 0.248 e. The Hall–Kier alpha value is -1.58. The fourth-order valence-electron chi connectivity index (χ4n) is 1.02. The zero-order valence-corrected chi connectivity index (χ0v) is 7.54. The minimum absolute atomic E-state index is 0.183. The van der Waals surface area contributed by atoms with E-state index in [2.05, 4.69) is 0 Å². The predicted octanol–water partition coefficient (Wildman–Crippen LogP) is 0.991. The van der Waals surface area contributed by atoms with Gasteiger partial charge in [-0.2, -0.15) is 0 Å². The first-order valence-corrected chi connectivity index (χ1v) is 3.79. The highest BCUT2D eigenvalue weighted by atomic mass is 19.1. The number of amides is 1. The van der Waals surface area contributed by atoms with Crippen LogP contribution in [0.2, 0.25) is 0 Å². The number of carbonyl (C=O) groups is 1. The van der Waals surface area contributed by atoms with Crippen molar-refractivity contribution in [2.75, 3.05) is 19.0 Å². The number of nitrogens with two attached hydrogens (primary N) is 1. The van der Waals surface area contributed by atoms with Crippen LogP contribution in [0.15, 0.2) is 18.2 Å². The minimum Gasteiger partial charge on any atom is -0.375 e. The summed E-state index contributed by atoms with van der Waals surface area (Å²) in [5, 5.41) is 0. The molecule has 1 amide bonds. The van der Waals surface area contributed by atoms with Crippen LogP contribution in [0.5, 0.6) is 0 Å². The highest BCUT2D eigenvalue weighted by Crippen LogP contribution is 2.17. The number of anilines is 1. The summed E-state index contributed by atoms with van der Waals surface area (Å²) in [5.74, 6) is -1.06. The number of rotatable bonds is 2. The summed E-state index contributed by atoms with van der Waals surface area (Å²) in [5.41, 5.74) is 5.61. The lowest BCUT2D eigenvalue weighted by molar-refractivity contribution is 0.1000. The fraction of sp³-hybridized carbons (Fsp3) is 0.222. The molecule has 2 N–H and O–H groups in total. The second-order valence-corrected chi connectivity index (χ2v) is 2.92. The third kappa shape index (κ3) is 1.96. The van der Waals surface area contributed by atoms with Crippen LogP contribution in [-0.2, 0) is 0 Å². The highest BCUT2D eigenvalue weighted by molar-refractivity contribution is 5.93. The summed E-state index contributed by atoms with van der Waals surface area (Å²) < 4.78 is 13.2. The zero-order chi connectivity index (χ0) is 10.0. The quantitative estimate of drug-likeness (QED) is 0.741. The Kier molecular flexibility index (Phi) is 2.51. The summed E-state index contributed by atoms with van der Waals surface area (Å²) >= 11 is 0. The van der Waals surface area contributed by atoms with Crippen molar-refractivity contribution < 1.29 is 9.18 Å². The van der Waals surface area contributed by atoms with Gasteiger partial charge < -0.3 is 10.6 Å².